The van der Waals surface area contributed by atoms with Crippen molar-refractivity contribution in [3.63, 3.8) is 0 Å². The number of hydrogen-bond donors (Lipinski definition) is 1. The summed E-state index contributed by atoms with van der Waals surface area (Å²) in [7, 11) is 0. The zero-order chi connectivity index (χ0) is 14.0. The van der Waals surface area contributed by atoms with Crippen molar-refractivity contribution in [2.45, 2.75) is 26.7 Å². The second kappa shape index (κ2) is 4.95. The molecule has 0 spiro atoms. The number of rotatable bonds is 2. The van der Waals surface area contributed by atoms with Crippen LogP contribution in [0.4, 0.5) is 0 Å². The Labute approximate surface area is 111 Å². The molecule has 1 amide bonds. The van der Waals surface area contributed by atoms with Gasteiger partial charge in [0, 0.05) is 13.1 Å². The molecule has 102 valence electrons. The number of piperidine rings is 1. The van der Waals surface area contributed by atoms with Crippen molar-refractivity contribution in [3.8, 4) is 0 Å². The summed E-state index contributed by atoms with van der Waals surface area (Å²) in [4.78, 5) is 32.3. The summed E-state index contributed by atoms with van der Waals surface area (Å²) in [6, 6.07) is 0. The number of carboxylic acid groups (broad SMARTS) is 1. The average molecular weight is 263 g/mol. The first-order valence-corrected chi connectivity index (χ1v) is 6.24. The molecule has 1 saturated heterocycles. The normalized spacial score (nSPS) is 18.1. The molecular formula is C13H17N3O3. The van der Waals surface area contributed by atoms with E-state index < -0.39 is 5.97 Å². The van der Waals surface area contributed by atoms with E-state index >= 15 is 0 Å². The molecule has 1 aliphatic heterocycles. The molecule has 1 aliphatic rings. The van der Waals surface area contributed by atoms with Crippen molar-refractivity contribution in [1.29, 1.82) is 0 Å². The number of likely N-dealkylation sites (tertiary alicyclic amines) is 1. The summed E-state index contributed by atoms with van der Waals surface area (Å²) in [5.74, 6) is -1.33. The van der Waals surface area contributed by atoms with Crippen LogP contribution in [0.25, 0.3) is 0 Å². The van der Waals surface area contributed by atoms with E-state index in [1.54, 1.807) is 4.90 Å². The zero-order valence-corrected chi connectivity index (χ0v) is 11.1. The number of carbonyl (C=O) groups is 2. The van der Waals surface area contributed by atoms with Gasteiger partial charge in [-0.2, -0.15) is 0 Å². The molecule has 0 atom stereocenters. The van der Waals surface area contributed by atoms with Gasteiger partial charge < -0.3 is 10.0 Å². The molecule has 6 heteroatoms. The minimum atomic E-state index is -1.15. The maximum Gasteiger partial charge on any atom is 0.356 e. The third-order valence-electron chi connectivity index (χ3n) is 3.28. The lowest BCUT2D eigenvalue weighted by Crippen LogP contribution is -2.43. The third kappa shape index (κ3) is 3.07. The van der Waals surface area contributed by atoms with Gasteiger partial charge in [-0.05, 0) is 18.3 Å². The first-order valence-electron chi connectivity index (χ1n) is 6.24. The van der Waals surface area contributed by atoms with Crippen LogP contribution in [0, 0.1) is 5.41 Å². The van der Waals surface area contributed by atoms with E-state index in [4.69, 9.17) is 5.11 Å². The molecule has 1 fully saturated rings. The number of carbonyl (C=O) groups excluding carboxylic acids is 1. The van der Waals surface area contributed by atoms with Crippen LogP contribution < -0.4 is 0 Å². The minimum absolute atomic E-state index is 0.113. The quantitative estimate of drug-likeness (QED) is 0.872. The lowest BCUT2D eigenvalue weighted by Gasteiger charge is -2.37. The van der Waals surface area contributed by atoms with E-state index in [2.05, 4.69) is 23.8 Å². The fourth-order valence-electron chi connectivity index (χ4n) is 2.31. The predicted octanol–water partition coefficient (Wildman–Crippen LogP) is 1.44. The molecule has 1 aromatic heterocycles. The zero-order valence-electron chi connectivity index (χ0n) is 11.1. The lowest BCUT2D eigenvalue weighted by molar-refractivity contribution is 0.0575. The first kappa shape index (κ1) is 13.5. The van der Waals surface area contributed by atoms with Crippen molar-refractivity contribution < 1.29 is 14.7 Å². The van der Waals surface area contributed by atoms with Crippen LogP contribution in [0.1, 0.15) is 47.7 Å². The van der Waals surface area contributed by atoms with Gasteiger partial charge in [0.1, 0.15) is 5.69 Å². The summed E-state index contributed by atoms with van der Waals surface area (Å²) in [5, 5.41) is 8.73. The highest BCUT2D eigenvalue weighted by atomic mass is 16.4. The number of aromatic nitrogens is 2. The Balaban J connectivity index is 2.13. The SMILES string of the molecule is CC1(C)CCCN(C(=O)c2cnc(C(=O)O)cn2)C1. The number of hydrogen-bond acceptors (Lipinski definition) is 4. The minimum Gasteiger partial charge on any atom is -0.476 e. The average Bonchev–Trinajstić information content (AvgIpc) is 2.37. The number of amides is 1. The van der Waals surface area contributed by atoms with Gasteiger partial charge in [-0.25, -0.2) is 14.8 Å². The fraction of sp³-hybridized carbons (Fsp3) is 0.538. The molecule has 0 aliphatic carbocycles. The van der Waals surface area contributed by atoms with Crippen molar-refractivity contribution >= 4 is 11.9 Å². The monoisotopic (exact) mass is 263 g/mol. The molecular weight excluding hydrogens is 246 g/mol. The topological polar surface area (TPSA) is 83.4 Å². The summed E-state index contributed by atoms with van der Waals surface area (Å²) >= 11 is 0. The van der Waals surface area contributed by atoms with Gasteiger partial charge in [0.2, 0.25) is 0 Å². The molecule has 0 unspecified atom stereocenters. The van der Waals surface area contributed by atoms with Crippen molar-refractivity contribution in [3.05, 3.63) is 23.8 Å². The van der Waals surface area contributed by atoms with Crippen LogP contribution in [-0.4, -0.2) is 44.9 Å². The molecule has 2 heterocycles. The van der Waals surface area contributed by atoms with Gasteiger partial charge >= 0.3 is 5.97 Å². The fourth-order valence-corrected chi connectivity index (χ4v) is 2.31. The lowest BCUT2D eigenvalue weighted by atomic mass is 9.84. The number of nitrogens with zero attached hydrogens (tertiary/aromatic N) is 3. The van der Waals surface area contributed by atoms with Crippen LogP contribution in [0.3, 0.4) is 0 Å². The van der Waals surface area contributed by atoms with Gasteiger partial charge in [-0.15, -0.1) is 0 Å². The molecule has 19 heavy (non-hydrogen) atoms. The Morgan fingerprint density at radius 2 is 1.89 bits per heavy atom. The predicted molar refractivity (Wildman–Crippen MR) is 67.9 cm³/mol. The van der Waals surface area contributed by atoms with Crippen LogP contribution >= 0.6 is 0 Å². The largest absolute Gasteiger partial charge is 0.476 e. The van der Waals surface area contributed by atoms with Crippen LogP contribution in [0.5, 0.6) is 0 Å². The van der Waals surface area contributed by atoms with Crippen molar-refractivity contribution in [2.75, 3.05) is 13.1 Å². The van der Waals surface area contributed by atoms with E-state index in [0.29, 0.717) is 13.1 Å². The molecule has 1 N–H and O–H groups in total. The molecule has 0 aromatic carbocycles. The van der Waals surface area contributed by atoms with Gasteiger partial charge in [-0.1, -0.05) is 13.8 Å². The number of aromatic carboxylic acids is 1. The standard InChI is InChI=1S/C13H17N3O3/c1-13(2)4-3-5-16(8-13)11(17)9-6-15-10(7-14-9)12(18)19/h6-7H,3-5,8H2,1-2H3,(H,18,19). The highest BCUT2D eigenvalue weighted by molar-refractivity contribution is 5.92. The Bertz CT molecular complexity index is 496. The Hall–Kier alpha value is -1.98. The summed E-state index contributed by atoms with van der Waals surface area (Å²) < 4.78 is 0. The van der Waals surface area contributed by atoms with E-state index in [-0.39, 0.29) is 22.7 Å². The summed E-state index contributed by atoms with van der Waals surface area (Å²) in [6.07, 6.45) is 4.41. The molecule has 0 radical (unpaired) electrons. The summed E-state index contributed by atoms with van der Waals surface area (Å²) in [5.41, 5.74) is 0.153. The van der Waals surface area contributed by atoms with Crippen molar-refractivity contribution in [1.82, 2.24) is 14.9 Å². The molecule has 0 bridgehead atoms. The van der Waals surface area contributed by atoms with Crippen LogP contribution in [0.2, 0.25) is 0 Å². The van der Waals surface area contributed by atoms with Gasteiger partial charge in [0.05, 0.1) is 12.4 Å². The molecule has 0 saturated carbocycles. The first-order chi connectivity index (χ1) is 8.89. The maximum atomic E-state index is 12.2. The smallest absolute Gasteiger partial charge is 0.356 e. The van der Waals surface area contributed by atoms with Gasteiger partial charge in [-0.3, -0.25) is 4.79 Å². The van der Waals surface area contributed by atoms with E-state index in [1.165, 1.54) is 6.20 Å². The van der Waals surface area contributed by atoms with Crippen LogP contribution in [0.15, 0.2) is 12.4 Å². The number of carboxylic acids is 1. The van der Waals surface area contributed by atoms with E-state index in [9.17, 15) is 9.59 Å². The molecule has 2 rings (SSSR count). The Morgan fingerprint density at radius 3 is 2.42 bits per heavy atom. The van der Waals surface area contributed by atoms with E-state index in [1.807, 2.05) is 0 Å². The van der Waals surface area contributed by atoms with Gasteiger partial charge in [0.25, 0.3) is 5.91 Å². The Kier molecular flexibility index (Phi) is 3.50. The molecule has 6 nitrogen and oxygen atoms in total. The maximum absolute atomic E-state index is 12.2. The molecule has 1 aromatic rings. The second-order valence-electron chi connectivity index (χ2n) is 5.59. The van der Waals surface area contributed by atoms with Crippen molar-refractivity contribution in [2.24, 2.45) is 5.41 Å². The highest BCUT2D eigenvalue weighted by Gasteiger charge is 2.30. The van der Waals surface area contributed by atoms with Crippen LogP contribution in [-0.2, 0) is 0 Å². The highest BCUT2D eigenvalue weighted by Crippen LogP contribution is 2.28. The summed E-state index contributed by atoms with van der Waals surface area (Å²) in [6.45, 7) is 5.66. The van der Waals surface area contributed by atoms with E-state index in [0.717, 1.165) is 19.0 Å². The third-order valence-corrected chi connectivity index (χ3v) is 3.28. The second-order valence-corrected chi connectivity index (χ2v) is 5.59. The Morgan fingerprint density at radius 1 is 1.26 bits per heavy atom. The van der Waals surface area contributed by atoms with Gasteiger partial charge in [0.15, 0.2) is 5.69 Å².